The molecule has 0 fully saturated rings. The zero-order chi connectivity index (χ0) is 59.4. The highest BCUT2D eigenvalue weighted by atomic mass is 31.2. The van der Waals surface area contributed by atoms with Gasteiger partial charge in [-0.15, -0.1) is 0 Å². The summed E-state index contributed by atoms with van der Waals surface area (Å²) in [7, 11) is -8.04. The fourth-order valence-corrected chi connectivity index (χ4v) is 16.7. The van der Waals surface area contributed by atoms with Crippen molar-refractivity contribution < 1.29 is 18.6 Å². The third kappa shape index (κ3) is 12.7. The molecule has 1 aliphatic heterocycles. The van der Waals surface area contributed by atoms with E-state index < -0.39 is 14.3 Å². The van der Waals surface area contributed by atoms with E-state index in [1.807, 2.05) is 24.3 Å². The van der Waals surface area contributed by atoms with Crippen molar-refractivity contribution in [3.63, 3.8) is 0 Å². The van der Waals surface area contributed by atoms with Crippen molar-refractivity contribution in [2.45, 2.75) is 242 Å². The predicted molar refractivity (Wildman–Crippen MR) is 345 cm³/mol. The zero-order valence-corrected chi connectivity index (χ0v) is 55.6. The summed E-state index contributed by atoms with van der Waals surface area (Å²) in [5.74, 6) is 1.18. The Labute approximate surface area is 480 Å². The fourth-order valence-electron chi connectivity index (χ4n) is 10.8. The molecule has 0 N–H and O–H groups in total. The van der Waals surface area contributed by atoms with Crippen LogP contribution in [0.15, 0.2) is 109 Å². The molecule has 0 bridgehead atoms. The van der Waals surface area contributed by atoms with Crippen molar-refractivity contribution in [2.75, 3.05) is 0 Å². The lowest BCUT2D eigenvalue weighted by atomic mass is 9.81. The normalized spacial score (nSPS) is 16.5. The van der Waals surface area contributed by atoms with E-state index >= 15 is 9.13 Å². The molecule has 0 aromatic heterocycles. The van der Waals surface area contributed by atoms with Crippen molar-refractivity contribution >= 4 is 46.1 Å². The first-order valence-electron chi connectivity index (χ1n) is 29.2. The molecule has 6 aromatic rings. The van der Waals surface area contributed by atoms with Crippen LogP contribution in [0, 0.1) is 0 Å². The minimum absolute atomic E-state index is 0.274. The van der Waals surface area contributed by atoms with Gasteiger partial charge in [0, 0.05) is 49.4 Å². The average Bonchev–Trinajstić information content (AvgIpc) is 3.56. The summed E-state index contributed by atoms with van der Waals surface area (Å²) in [5, 5.41) is 4.29. The monoisotopic (exact) mass is 1100 g/mol. The molecule has 2 atom stereocenters. The predicted octanol–water partition coefficient (Wildman–Crippen LogP) is 18.0. The first-order chi connectivity index (χ1) is 35.7. The summed E-state index contributed by atoms with van der Waals surface area (Å²) in [6.45, 7) is 58.1. The minimum atomic E-state index is -4.02. The number of ether oxygens (including phenoxy) is 2. The molecule has 79 heavy (non-hydrogen) atoms. The van der Waals surface area contributed by atoms with E-state index in [9.17, 15) is 0 Å². The molecule has 0 aliphatic carbocycles. The van der Waals surface area contributed by atoms with E-state index in [0.717, 1.165) is 65.7 Å². The molecule has 0 unspecified atom stereocenters. The molecule has 0 amide bonds. The Hall–Kier alpha value is -4.62. The van der Waals surface area contributed by atoms with Crippen LogP contribution in [0.1, 0.15) is 231 Å². The molecular formula is C73H100O4P2. The van der Waals surface area contributed by atoms with Crippen molar-refractivity contribution in [3.8, 4) is 22.6 Å². The topological polar surface area (TPSA) is 52.6 Å². The average molecular weight is 1100 g/mol. The second-order valence-electron chi connectivity index (χ2n) is 31.7. The molecule has 0 radical (unpaired) electrons. The highest BCUT2D eigenvalue weighted by molar-refractivity contribution is 7.86. The summed E-state index contributed by atoms with van der Waals surface area (Å²) in [5.41, 5.74) is 8.03. The van der Waals surface area contributed by atoms with Crippen LogP contribution in [0.4, 0.5) is 0 Å². The zero-order valence-electron chi connectivity index (χ0n) is 53.8. The van der Waals surface area contributed by atoms with Gasteiger partial charge in [0.25, 0.3) is 0 Å². The molecule has 1 aliphatic rings. The van der Waals surface area contributed by atoms with E-state index in [0.29, 0.717) is 39.7 Å². The van der Waals surface area contributed by atoms with Crippen LogP contribution >= 0.6 is 14.3 Å². The van der Waals surface area contributed by atoms with Crippen molar-refractivity contribution in [3.05, 3.63) is 154 Å². The van der Waals surface area contributed by atoms with Gasteiger partial charge in [-0.05, 0) is 174 Å². The van der Waals surface area contributed by atoms with E-state index in [1.165, 1.54) is 0 Å². The molecule has 7 rings (SSSR count). The van der Waals surface area contributed by atoms with Crippen LogP contribution in [-0.2, 0) is 52.5 Å². The van der Waals surface area contributed by atoms with Gasteiger partial charge in [-0.3, -0.25) is 0 Å². The molecular weight excluding hydrogens is 1000 g/mol. The van der Waals surface area contributed by atoms with Gasteiger partial charge >= 0.3 is 0 Å². The molecule has 0 saturated carbocycles. The van der Waals surface area contributed by atoms with E-state index in [2.05, 4.69) is 265 Å². The number of hydrogen-bond acceptors (Lipinski definition) is 4. The Balaban J connectivity index is 1.83. The lowest BCUT2D eigenvalue weighted by Crippen LogP contribution is -2.34. The van der Waals surface area contributed by atoms with Crippen LogP contribution in [0.25, 0.3) is 11.1 Å². The van der Waals surface area contributed by atoms with E-state index in [4.69, 9.17) is 9.47 Å². The Morgan fingerprint density at radius 1 is 0.316 bits per heavy atom. The quantitative estimate of drug-likeness (QED) is 0.156. The van der Waals surface area contributed by atoms with Crippen LogP contribution in [0.5, 0.6) is 11.5 Å². The maximum absolute atomic E-state index is 18.6. The first-order valence-corrected chi connectivity index (χ1v) is 32.6. The van der Waals surface area contributed by atoms with Gasteiger partial charge in [0.05, 0.1) is 12.2 Å². The van der Waals surface area contributed by atoms with Gasteiger partial charge in [-0.2, -0.15) is 0 Å². The highest BCUT2D eigenvalue weighted by Crippen LogP contribution is 2.55. The standard InChI is InChI=1S/C73H100O4P2/c1-46-33-47(2)77-61-30-28-32-63(79(75,58-42-52(70(15,16)17)36-53(43-58)71(18,19)20)59-44-54(72(21,22)23)37-55(45-59)73(24,25)26)65(61)64-60(76-46)29-27-31-62(64)78(74,56-38-48(66(3,4)5)34-49(39-56)67(6,7)8)57-40-50(68(9,10)11)35-51(41-57)69(12,13)14/h27-32,34-47H,33H2,1-26H3/t46-,47-/m1/s1. The summed E-state index contributed by atoms with van der Waals surface area (Å²) in [6.07, 6.45) is 0.0351. The number of hydrogen-bond donors (Lipinski definition) is 0. The van der Waals surface area contributed by atoms with Crippen molar-refractivity contribution in [1.82, 2.24) is 0 Å². The Morgan fingerprint density at radius 2 is 0.506 bits per heavy atom. The maximum atomic E-state index is 18.6. The smallest absolute Gasteiger partial charge is 0.171 e. The summed E-state index contributed by atoms with van der Waals surface area (Å²) in [4.78, 5) is 0. The van der Waals surface area contributed by atoms with Gasteiger partial charge in [0.15, 0.2) is 14.3 Å². The molecule has 6 heteroatoms. The first kappa shape index (κ1) is 62.0. The van der Waals surface area contributed by atoms with Gasteiger partial charge < -0.3 is 18.6 Å². The largest absolute Gasteiger partial charge is 0.490 e. The molecule has 6 aromatic carbocycles. The third-order valence-corrected chi connectivity index (χ3v) is 22.4. The van der Waals surface area contributed by atoms with E-state index in [1.54, 1.807) is 0 Å². The minimum Gasteiger partial charge on any atom is -0.490 e. The van der Waals surface area contributed by atoms with E-state index in [-0.39, 0.29) is 55.5 Å². The molecule has 1 heterocycles. The Bertz CT molecular complexity index is 2850. The van der Waals surface area contributed by atoms with Gasteiger partial charge in [0.1, 0.15) is 11.5 Å². The Kier molecular flexibility index (Phi) is 16.2. The van der Waals surface area contributed by atoms with Crippen LogP contribution < -0.4 is 41.3 Å². The second-order valence-corrected chi connectivity index (χ2v) is 37.2. The summed E-state index contributed by atoms with van der Waals surface area (Å²) < 4.78 is 51.8. The molecule has 426 valence electrons. The van der Waals surface area contributed by atoms with Gasteiger partial charge in [0.2, 0.25) is 0 Å². The maximum Gasteiger partial charge on any atom is 0.171 e. The van der Waals surface area contributed by atoms with Gasteiger partial charge in [-0.1, -0.05) is 203 Å². The molecule has 0 spiro atoms. The number of fused-ring (bicyclic) bond motifs is 3. The summed E-state index contributed by atoms with van der Waals surface area (Å²) >= 11 is 0. The second kappa shape index (κ2) is 20.7. The third-order valence-electron chi connectivity index (χ3n) is 16.3. The highest BCUT2D eigenvalue weighted by Gasteiger charge is 2.43. The van der Waals surface area contributed by atoms with Crippen molar-refractivity contribution in [2.24, 2.45) is 0 Å². The van der Waals surface area contributed by atoms with Crippen molar-refractivity contribution in [1.29, 1.82) is 0 Å². The lowest BCUT2D eigenvalue weighted by Gasteiger charge is -2.34. The van der Waals surface area contributed by atoms with Gasteiger partial charge in [-0.25, -0.2) is 0 Å². The number of rotatable bonds is 6. The molecule has 0 saturated heterocycles. The lowest BCUT2D eigenvalue weighted by molar-refractivity contribution is 0.134. The fraction of sp³-hybridized carbons (Fsp3) is 0.507. The number of benzene rings is 6. The SMILES string of the molecule is C[C@@H]1C[C@@H](C)Oc2cccc(P(=O)(c3cc(C(C)(C)C)cc(C(C)(C)C)c3)c3cc(C(C)(C)C)cc(C(C)(C)C)c3)c2-c2c(cccc2P(=O)(c2cc(C(C)(C)C)cc(C(C)(C)C)c2)c2cc(C(C)(C)C)cc(C(C)(C)C)c2)O1. The van der Waals surface area contributed by atoms with Crippen LogP contribution in [0.2, 0.25) is 0 Å². The van der Waals surface area contributed by atoms with Crippen LogP contribution in [-0.4, -0.2) is 12.2 Å². The molecule has 4 nitrogen and oxygen atoms in total. The Morgan fingerprint density at radius 3 is 0.684 bits per heavy atom. The van der Waals surface area contributed by atoms with Crippen LogP contribution in [0.3, 0.4) is 0 Å². The summed E-state index contributed by atoms with van der Waals surface area (Å²) in [6, 6.07) is 39.4.